The molecule has 0 radical (unpaired) electrons. The predicted molar refractivity (Wildman–Crippen MR) is 41.9 cm³/mol. The predicted octanol–water partition coefficient (Wildman–Crippen LogP) is 0.392. The normalized spacial score (nSPS) is 10.2. The molecule has 0 aliphatic heterocycles. The van der Waals surface area contributed by atoms with Crippen LogP contribution in [-0.4, -0.2) is 39.7 Å². The van der Waals surface area contributed by atoms with E-state index in [9.17, 15) is 9.59 Å². The molecule has 0 spiro atoms. The summed E-state index contributed by atoms with van der Waals surface area (Å²) in [5.74, 6) is -1.90. The largest absolute Gasteiger partial charge is 0.481 e. The first-order valence-corrected chi connectivity index (χ1v) is 3.70. The summed E-state index contributed by atoms with van der Waals surface area (Å²) in [6, 6.07) is 0. The first-order chi connectivity index (χ1) is 5.52. The maximum absolute atomic E-state index is 10.0. The molecule has 0 aromatic rings. The minimum Gasteiger partial charge on any atom is -0.481 e. The second-order valence-electron chi connectivity index (χ2n) is 2.20. The van der Waals surface area contributed by atoms with Gasteiger partial charge in [0.25, 0.3) is 0 Å². The smallest absolute Gasteiger partial charge is 0.304 e. The second kappa shape index (κ2) is 5.79. The Morgan fingerprint density at radius 1 is 1.08 bits per heavy atom. The van der Waals surface area contributed by atoms with Crippen molar-refractivity contribution in [1.29, 1.82) is 0 Å². The van der Waals surface area contributed by atoms with Gasteiger partial charge in [-0.1, -0.05) is 0 Å². The van der Waals surface area contributed by atoms with Gasteiger partial charge in [0.15, 0.2) is 0 Å². The highest BCUT2D eigenvalue weighted by molar-refractivity contribution is 6.13. The third-order valence-electron chi connectivity index (χ3n) is 1.14. The zero-order valence-electron chi connectivity index (χ0n) is 6.36. The molecule has 0 atom stereocenters. The standard InChI is InChI=1S/C6H10ClNO4/c7-8(3-1-5(9)10)4-2-6(11)12/h1-4H2,(H,9,10)(H,11,12). The summed E-state index contributed by atoms with van der Waals surface area (Å²) in [5, 5.41) is 16.5. The van der Waals surface area contributed by atoms with E-state index in [1.165, 1.54) is 0 Å². The molecule has 0 aromatic carbocycles. The molecule has 0 bridgehead atoms. The number of nitrogens with zero attached hydrogens (tertiary/aromatic N) is 1. The topological polar surface area (TPSA) is 77.8 Å². The van der Waals surface area contributed by atoms with Crippen LogP contribution in [0, 0.1) is 0 Å². The fourth-order valence-electron chi connectivity index (χ4n) is 0.546. The zero-order chi connectivity index (χ0) is 9.56. The van der Waals surface area contributed by atoms with Crippen molar-refractivity contribution in [3.63, 3.8) is 0 Å². The minimum absolute atomic E-state index is 0.0802. The Bertz CT molecular complexity index is 155. The molecular formula is C6H10ClNO4. The van der Waals surface area contributed by atoms with Crippen molar-refractivity contribution in [2.24, 2.45) is 0 Å². The summed E-state index contributed by atoms with van der Waals surface area (Å²) >= 11 is 5.48. The number of carbonyl (C=O) groups is 2. The Morgan fingerprint density at radius 2 is 1.42 bits per heavy atom. The van der Waals surface area contributed by atoms with Gasteiger partial charge in [0.2, 0.25) is 0 Å². The number of rotatable bonds is 6. The monoisotopic (exact) mass is 195 g/mol. The highest BCUT2D eigenvalue weighted by Gasteiger charge is 2.06. The lowest BCUT2D eigenvalue weighted by molar-refractivity contribution is -0.137. The van der Waals surface area contributed by atoms with Gasteiger partial charge in [-0.2, -0.15) is 0 Å². The van der Waals surface area contributed by atoms with Crippen molar-refractivity contribution in [2.75, 3.05) is 13.1 Å². The summed E-state index contributed by atoms with van der Waals surface area (Å²) in [4.78, 5) is 20.1. The van der Waals surface area contributed by atoms with Crippen LogP contribution in [0.3, 0.4) is 0 Å². The molecule has 6 heteroatoms. The quantitative estimate of drug-likeness (QED) is 0.600. The first-order valence-electron chi connectivity index (χ1n) is 3.36. The zero-order valence-corrected chi connectivity index (χ0v) is 7.12. The molecule has 0 aliphatic carbocycles. The van der Waals surface area contributed by atoms with Gasteiger partial charge in [0.05, 0.1) is 12.8 Å². The van der Waals surface area contributed by atoms with E-state index in [2.05, 4.69) is 0 Å². The highest BCUT2D eigenvalue weighted by Crippen LogP contribution is 1.97. The van der Waals surface area contributed by atoms with E-state index >= 15 is 0 Å². The van der Waals surface area contributed by atoms with E-state index in [1.54, 1.807) is 0 Å². The van der Waals surface area contributed by atoms with Gasteiger partial charge in [-0.05, 0) is 11.8 Å². The van der Waals surface area contributed by atoms with Crippen LogP contribution < -0.4 is 0 Å². The molecule has 5 nitrogen and oxygen atoms in total. The Hall–Kier alpha value is -0.810. The van der Waals surface area contributed by atoms with Crippen LogP contribution in [0.15, 0.2) is 0 Å². The van der Waals surface area contributed by atoms with E-state index in [-0.39, 0.29) is 25.9 Å². The van der Waals surface area contributed by atoms with Gasteiger partial charge >= 0.3 is 11.9 Å². The molecule has 12 heavy (non-hydrogen) atoms. The highest BCUT2D eigenvalue weighted by atomic mass is 35.5. The van der Waals surface area contributed by atoms with Gasteiger partial charge in [0.1, 0.15) is 0 Å². The Labute approximate surface area is 74.7 Å². The van der Waals surface area contributed by atoms with Crippen molar-refractivity contribution in [3.05, 3.63) is 0 Å². The molecule has 2 N–H and O–H groups in total. The van der Waals surface area contributed by atoms with Crippen molar-refractivity contribution in [1.82, 2.24) is 4.42 Å². The molecule has 0 aliphatic rings. The van der Waals surface area contributed by atoms with Crippen LogP contribution in [0.4, 0.5) is 0 Å². The van der Waals surface area contributed by atoms with Gasteiger partial charge in [-0.25, -0.2) is 4.42 Å². The third kappa shape index (κ3) is 7.30. The maximum atomic E-state index is 10.0. The minimum atomic E-state index is -0.948. The molecule has 0 unspecified atom stereocenters. The van der Waals surface area contributed by atoms with Crippen LogP contribution in [0.2, 0.25) is 0 Å². The molecule has 70 valence electrons. The summed E-state index contributed by atoms with van der Waals surface area (Å²) in [6.07, 6.45) is -0.160. The fourth-order valence-corrected chi connectivity index (χ4v) is 0.715. The van der Waals surface area contributed by atoms with Crippen molar-refractivity contribution in [3.8, 4) is 0 Å². The third-order valence-corrected chi connectivity index (χ3v) is 1.47. The molecule has 0 saturated heterocycles. The lowest BCUT2D eigenvalue weighted by Crippen LogP contribution is -2.19. The Kier molecular flexibility index (Phi) is 5.40. The van der Waals surface area contributed by atoms with E-state index < -0.39 is 11.9 Å². The molecule has 0 aromatic heterocycles. The average molecular weight is 196 g/mol. The SMILES string of the molecule is O=C(O)CCN(Cl)CCC(=O)O. The lowest BCUT2D eigenvalue weighted by atomic mass is 10.4. The molecule has 0 fully saturated rings. The average Bonchev–Trinajstić information content (AvgIpc) is 1.96. The first kappa shape index (κ1) is 11.2. The summed E-state index contributed by atoms with van der Waals surface area (Å²) < 4.78 is 1.16. The molecule has 0 saturated carbocycles. The van der Waals surface area contributed by atoms with Gasteiger partial charge < -0.3 is 10.2 Å². The van der Waals surface area contributed by atoms with Crippen LogP contribution in [0.1, 0.15) is 12.8 Å². The second-order valence-corrected chi connectivity index (χ2v) is 2.68. The number of halogens is 1. The Morgan fingerprint density at radius 3 is 1.67 bits per heavy atom. The number of hydrogen-bond donors (Lipinski definition) is 2. The number of hydrogen-bond acceptors (Lipinski definition) is 3. The van der Waals surface area contributed by atoms with E-state index in [4.69, 9.17) is 22.0 Å². The van der Waals surface area contributed by atoms with Gasteiger partial charge in [-0.3, -0.25) is 9.59 Å². The van der Waals surface area contributed by atoms with Crippen molar-refractivity contribution >= 4 is 23.7 Å². The van der Waals surface area contributed by atoms with Crippen LogP contribution in [-0.2, 0) is 9.59 Å². The lowest BCUT2D eigenvalue weighted by Gasteiger charge is -2.09. The summed E-state index contributed by atoms with van der Waals surface area (Å²) in [5.41, 5.74) is 0. The van der Waals surface area contributed by atoms with Crippen LogP contribution in [0.25, 0.3) is 0 Å². The Balaban J connectivity index is 3.39. The summed E-state index contributed by atoms with van der Waals surface area (Å²) in [7, 11) is 0. The van der Waals surface area contributed by atoms with Gasteiger partial charge in [0, 0.05) is 13.1 Å². The van der Waals surface area contributed by atoms with Crippen molar-refractivity contribution in [2.45, 2.75) is 12.8 Å². The molecular weight excluding hydrogens is 186 g/mol. The van der Waals surface area contributed by atoms with E-state index in [0.717, 1.165) is 4.42 Å². The van der Waals surface area contributed by atoms with Crippen LogP contribution in [0.5, 0.6) is 0 Å². The summed E-state index contributed by atoms with van der Waals surface area (Å²) in [6.45, 7) is 0.314. The number of carboxylic acids is 2. The number of aliphatic carboxylic acids is 2. The van der Waals surface area contributed by atoms with Gasteiger partial charge in [-0.15, -0.1) is 0 Å². The molecule has 0 rings (SSSR count). The van der Waals surface area contributed by atoms with Crippen molar-refractivity contribution < 1.29 is 19.8 Å². The van der Waals surface area contributed by atoms with E-state index in [1.807, 2.05) is 0 Å². The number of carboxylic acid groups (broad SMARTS) is 2. The van der Waals surface area contributed by atoms with Crippen LogP contribution >= 0.6 is 11.8 Å². The van der Waals surface area contributed by atoms with E-state index in [0.29, 0.717) is 0 Å². The molecule has 0 amide bonds. The molecule has 0 heterocycles. The maximum Gasteiger partial charge on any atom is 0.304 e. The fraction of sp³-hybridized carbons (Fsp3) is 0.667.